The number of ether oxygens (including phenoxy) is 1. The molecule has 126 valence electrons. The Kier molecular flexibility index (Phi) is 9.85. The van der Waals surface area contributed by atoms with Crippen LogP contribution in [0.5, 0.6) is 0 Å². The summed E-state index contributed by atoms with van der Waals surface area (Å²) >= 11 is 1.61. The highest BCUT2D eigenvalue weighted by Crippen LogP contribution is 2.02. The zero-order valence-electron chi connectivity index (χ0n) is 13.9. The molecule has 4 nitrogen and oxygen atoms in total. The van der Waals surface area contributed by atoms with E-state index in [1.165, 1.54) is 12.1 Å². The molecule has 24 heavy (non-hydrogen) atoms. The van der Waals surface area contributed by atoms with Crippen molar-refractivity contribution in [2.45, 2.75) is 6.92 Å². The fourth-order valence-electron chi connectivity index (χ4n) is 1.47. The fourth-order valence-corrected chi connectivity index (χ4v) is 1.84. The van der Waals surface area contributed by atoms with Gasteiger partial charge in [0.25, 0.3) is 0 Å². The van der Waals surface area contributed by atoms with Gasteiger partial charge < -0.3 is 4.74 Å². The van der Waals surface area contributed by atoms with Gasteiger partial charge in [-0.3, -0.25) is 15.0 Å². The molecule has 0 N–H and O–H groups in total. The van der Waals surface area contributed by atoms with Crippen molar-refractivity contribution in [3.05, 3.63) is 65.5 Å². The van der Waals surface area contributed by atoms with Crippen LogP contribution in [0, 0.1) is 5.82 Å². The first-order valence-electron chi connectivity index (χ1n) is 7.14. The smallest absolute Gasteiger partial charge is 0.130 e. The summed E-state index contributed by atoms with van der Waals surface area (Å²) in [5, 5.41) is 0.980. The van der Waals surface area contributed by atoms with E-state index in [4.69, 9.17) is 4.74 Å². The van der Waals surface area contributed by atoms with Crippen LogP contribution in [0.4, 0.5) is 4.39 Å². The molecule has 0 saturated heterocycles. The lowest BCUT2D eigenvalue weighted by molar-refractivity contribution is 0.333. The minimum atomic E-state index is -0.244. The van der Waals surface area contributed by atoms with E-state index in [9.17, 15) is 4.39 Å². The maximum absolute atomic E-state index is 12.5. The molecule has 1 aliphatic heterocycles. The van der Waals surface area contributed by atoms with E-state index in [2.05, 4.69) is 20.7 Å². The molecule has 0 unspecified atom stereocenters. The van der Waals surface area contributed by atoms with Crippen molar-refractivity contribution in [2.75, 3.05) is 20.0 Å². The van der Waals surface area contributed by atoms with E-state index in [0.717, 1.165) is 16.3 Å². The van der Waals surface area contributed by atoms with Gasteiger partial charge in [-0.15, -0.1) is 17.5 Å². The molecule has 2 rings (SSSR count). The molecule has 0 saturated carbocycles. The highest BCUT2D eigenvalue weighted by molar-refractivity contribution is 8.13. The number of benzene rings is 1. The van der Waals surface area contributed by atoms with Crippen molar-refractivity contribution < 1.29 is 9.13 Å². The average Bonchev–Trinajstić information content (AvgIpc) is 2.55. The molecule has 0 fully saturated rings. The molecule has 0 atom stereocenters. The first-order valence-corrected chi connectivity index (χ1v) is 8.36. The molecular formula is C18H20FN3OS. The van der Waals surface area contributed by atoms with Crippen molar-refractivity contribution in [1.29, 1.82) is 0 Å². The predicted molar refractivity (Wildman–Crippen MR) is 102 cm³/mol. The highest BCUT2D eigenvalue weighted by Gasteiger charge is 1.90. The van der Waals surface area contributed by atoms with E-state index in [1.54, 1.807) is 55.8 Å². The van der Waals surface area contributed by atoms with Crippen molar-refractivity contribution in [2.24, 2.45) is 15.0 Å². The minimum Gasteiger partial charge on any atom is -0.502 e. The molecule has 1 aromatic carbocycles. The van der Waals surface area contributed by atoms with Crippen molar-refractivity contribution in [3.63, 3.8) is 0 Å². The zero-order chi connectivity index (χ0) is 17.6. The number of hydrogen-bond donors (Lipinski definition) is 0. The van der Waals surface area contributed by atoms with Crippen molar-refractivity contribution >= 4 is 29.2 Å². The Labute approximate surface area is 146 Å². The summed E-state index contributed by atoms with van der Waals surface area (Å²) in [6, 6.07) is 6.13. The van der Waals surface area contributed by atoms with E-state index in [-0.39, 0.29) is 5.82 Å². The van der Waals surface area contributed by atoms with Gasteiger partial charge in [-0.25, -0.2) is 4.39 Å². The van der Waals surface area contributed by atoms with Crippen LogP contribution in [0.3, 0.4) is 0 Å². The predicted octanol–water partition coefficient (Wildman–Crippen LogP) is 4.25. The first-order chi connectivity index (χ1) is 11.7. The number of aliphatic imine (C=N–C) groups is 3. The summed E-state index contributed by atoms with van der Waals surface area (Å²) in [7, 11) is 1.57. The third-order valence-corrected chi connectivity index (χ3v) is 3.24. The summed E-state index contributed by atoms with van der Waals surface area (Å²) in [6.45, 7) is 2.36. The van der Waals surface area contributed by atoms with E-state index in [0.29, 0.717) is 6.67 Å². The molecule has 0 aliphatic carbocycles. The van der Waals surface area contributed by atoms with E-state index < -0.39 is 0 Å². The molecule has 0 amide bonds. The maximum atomic E-state index is 12.5. The Bertz CT molecular complexity index is 685. The minimum absolute atomic E-state index is 0.244. The fraction of sp³-hybridized carbons (Fsp3) is 0.222. The van der Waals surface area contributed by atoms with Crippen LogP contribution >= 0.6 is 11.8 Å². The second-order valence-corrected chi connectivity index (χ2v) is 5.28. The van der Waals surface area contributed by atoms with Crippen LogP contribution in [0.2, 0.25) is 0 Å². The van der Waals surface area contributed by atoms with Gasteiger partial charge in [0.1, 0.15) is 23.8 Å². The Morgan fingerprint density at radius 1 is 1.38 bits per heavy atom. The topological polar surface area (TPSA) is 46.3 Å². The first kappa shape index (κ1) is 19.6. The lowest BCUT2D eigenvalue weighted by Gasteiger charge is -1.93. The summed E-state index contributed by atoms with van der Waals surface area (Å²) in [4.78, 5) is 12.2. The normalized spacial score (nSPS) is 17.3. The van der Waals surface area contributed by atoms with Gasteiger partial charge in [-0.2, -0.15) is 0 Å². The molecule has 0 spiro atoms. The second-order valence-electron chi connectivity index (χ2n) is 4.46. The standard InChI is InChI=1S/C11H12FNO.C7H8N2S/c1-9(8-14-2)13-7-10-3-5-11(12)6-4-10;1-10-7-4-2-3-5-8-6-9-7/h3-8H,1-2H3;3-5H,6H2,1H3/b9-8-,13-7?;8-5-,9-7+. The van der Waals surface area contributed by atoms with E-state index >= 15 is 0 Å². The Balaban J connectivity index is 0.000000254. The van der Waals surface area contributed by atoms with Gasteiger partial charge in [-0.05, 0) is 37.0 Å². The Hall–Kier alpha value is -2.43. The van der Waals surface area contributed by atoms with Crippen LogP contribution in [-0.4, -0.2) is 37.5 Å². The summed E-state index contributed by atoms with van der Waals surface area (Å²) < 4.78 is 17.3. The third-order valence-electron chi connectivity index (χ3n) is 2.58. The largest absolute Gasteiger partial charge is 0.502 e. The van der Waals surface area contributed by atoms with Gasteiger partial charge in [0.15, 0.2) is 0 Å². The van der Waals surface area contributed by atoms with Gasteiger partial charge in [0.05, 0.1) is 12.8 Å². The molecule has 6 heteroatoms. The number of thioether (sulfide) groups is 1. The SMILES string of the molecule is CO/C=C(/C)N=Cc1ccc(F)cc1.CS/C1=N/C/N=C\C=C=C1. The molecule has 1 aliphatic rings. The van der Waals surface area contributed by atoms with Gasteiger partial charge >= 0.3 is 0 Å². The van der Waals surface area contributed by atoms with Crippen LogP contribution in [0.15, 0.2) is 69.1 Å². The van der Waals surface area contributed by atoms with E-state index in [1.807, 2.05) is 19.3 Å². The van der Waals surface area contributed by atoms with Crippen LogP contribution in [0.1, 0.15) is 12.5 Å². The van der Waals surface area contributed by atoms with Gasteiger partial charge in [-0.1, -0.05) is 12.1 Å². The molecule has 1 aromatic rings. The molecular weight excluding hydrogens is 325 g/mol. The summed E-state index contributed by atoms with van der Waals surface area (Å²) in [5.74, 6) is -0.244. The second kappa shape index (κ2) is 12.0. The molecule has 0 bridgehead atoms. The number of methoxy groups -OCH3 is 1. The quantitative estimate of drug-likeness (QED) is 0.467. The Morgan fingerprint density at radius 3 is 2.79 bits per heavy atom. The number of rotatable bonds is 3. The number of hydrogen-bond acceptors (Lipinski definition) is 5. The van der Waals surface area contributed by atoms with Gasteiger partial charge in [0.2, 0.25) is 0 Å². The lowest BCUT2D eigenvalue weighted by Crippen LogP contribution is -1.88. The number of halogens is 1. The zero-order valence-corrected chi connectivity index (χ0v) is 14.8. The van der Waals surface area contributed by atoms with Crippen molar-refractivity contribution in [3.8, 4) is 0 Å². The van der Waals surface area contributed by atoms with Crippen LogP contribution < -0.4 is 0 Å². The Morgan fingerprint density at radius 2 is 2.12 bits per heavy atom. The van der Waals surface area contributed by atoms with Crippen LogP contribution in [-0.2, 0) is 4.74 Å². The number of allylic oxidation sites excluding steroid dienone is 1. The van der Waals surface area contributed by atoms with Gasteiger partial charge in [0, 0.05) is 18.5 Å². The number of nitrogens with zero attached hydrogens (tertiary/aromatic N) is 3. The summed E-state index contributed by atoms with van der Waals surface area (Å²) in [6.07, 6.45) is 10.5. The summed E-state index contributed by atoms with van der Waals surface area (Å²) in [5.41, 5.74) is 4.55. The highest BCUT2D eigenvalue weighted by atomic mass is 32.2. The third kappa shape index (κ3) is 8.88. The molecule has 0 aromatic heterocycles. The lowest BCUT2D eigenvalue weighted by atomic mass is 10.2. The maximum Gasteiger partial charge on any atom is 0.130 e. The molecule has 1 heterocycles. The monoisotopic (exact) mass is 345 g/mol. The average molecular weight is 345 g/mol. The van der Waals surface area contributed by atoms with Crippen molar-refractivity contribution in [1.82, 2.24) is 0 Å². The van der Waals surface area contributed by atoms with Crippen LogP contribution in [0.25, 0.3) is 0 Å². The molecule has 0 radical (unpaired) electrons.